The predicted molar refractivity (Wildman–Crippen MR) is 46.3 cm³/mol. The maximum atomic E-state index is 8.78. The normalized spacial score (nSPS) is 12.0. The zero-order valence-corrected chi connectivity index (χ0v) is 6.77. The molecule has 0 aliphatic heterocycles. The fraction of sp³-hybridized carbons (Fsp3) is 0.333. The molecule has 1 rings (SSSR count). The molecule has 0 fully saturated rings. The van der Waals surface area contributed by atoms with Gasteiger partial charge in [-0.15, -0.1) is 0 Å². The summed E-state index contributed by atoms with van der Waals surface area (Å²) in [6, 6.07) is 5.93. The Labute approximate surface area is 71.8 Å². The highest BCUT2D eigenvalue weighted by atomic mass is 14.6. The zero-order chi connectivity index (χ0) is 8.81. The Kier molecular flexibility index (Phi) is 3.24. The maximum Gasteiger partial charge on any atom is 0.0739 e. The van der Waals surface area contributed by atoms with Gasteiger partial charge < -0.3 is 5.73 Å². The van der Waals surface area contributed by atoms with Crippen molar-refractivity contribution in [3.05, 3.63) is 30.1 Å². The smallest absolute Gasteiger partial charge is 0.0739 e. The molecule has 0 aliphatic carbocycles. The van der Waals surface area contributed by atoms with Gasteiger partial charge in [-0.2, -0.15) is 5.26 Å². The molecule has 62 valence electrons. The Morgan fingerprint density at radius 1 is 1.67 bits per heavy atom. The van der Waals surface area contributed by atoms with Crippen molar-refractivity contribution < 1.29 is 0 Å². The Morgan fingerprint density at radius 2 is 2.50 bits per heavy atom. The molecule has 0 saturated carbocycles. The van der Waals surface area contributed by atoms with E-state index in [1.165, 1.54) is 0 Å². The molecule has 0 aliphatic rings. The number of hydrogen-bond donors (Lipinski definition) is 1. The van der Waals surface area contributed by atoms with Crippen LogP contribution in [0.1, 0.15) is 17.9 Å². The monoisotopic (exact) mass is 161 g/mol. The van der Waals surface area contributed by atoms with E-state index < -0.39 is 0 Å². The van der Waals surface area contributed by atoms with Crippen molar-refractivity contribution in [3.8, 4) is 6.07 Å². The number of pyridine rings is 1. The molecule has 1 aromatic rings. The molecule has 1 aromatic heterocycles. The lowest BCUT2D eigenvalue weighted by molar-refractivity contribution is 0.754. The van der Waals surface area contributed by atoms with Crippen LogP contribution in [0.3, 0.4) is 0 Å². The van der Waals surface area contributed by atoms with Gasteiger partial charge in [0.25, 0.3) is 0 Å². The Morgan fingerprint density at radius 3 is 3.00 bits per heavy atom. The van der Waals surface area contributed by atoms with E-state index in [1.54, 1.807) is 12.4 Å². The summed E-state index contributed by atoms with van der Waals surface area (Å²) < 4.78 is 0. The number of aromatic nitrogens is 1. The van der Waals surface area contributed by atoms with E-state index in [0.29, 0.717) is 13.0 Å². The van der Waals surface area contributed by atoms with Crippen LogP contribution in [0, 0.1) is 11.3 Å². The van der Waals surface area contributed by atoms with E-state index in [4.69, 9.17) is 11.0 Å². The molecule has 0 spiro atoms. The third kappa shape index (κ3) is 2.04. The van der Waals surface area contributed by atoms with Crippen molar-refractivity contribution in [1.82, 2.24) is 4.98 Å². The molecule has 0 bridgehead atoms. The van der Waals surface area contributed by atoms with E-state index in [1.807, 2.05) is 12.1 Å². The Hall–Kier alpha value is -1.40. The molecule has 0 saturated heterocycles. The van der Waals surface area contributed by atoms with Crippen LogP contribution < -0.4 is 5.73 Å². The van der Waals surface area contributed by atoms with Crippen molar-refractivity contribution >= 4 is 0 Å². The highest BCUT2D eigenvalue weighted by Gasteiger charge is 2.07. The molecular formula is C9H11N3. The first-order valence-electron chi connectivity index (χ1n) is 3.88. The van der Waals surface area contributed by atoms with Gasteiger partial charge in [0.1, 0.15) is 0 Å². The number of nitrogens with two attached hydrogens (primary N) is 1. The minimum Gasteiger partial charge on any atom is -0.330 e. The molecule has 1 unspecified atom stereocenters. The molecule has 2 N–H and O–H groups in total. The molecule has 1 atom stereocenters. The standard InChI is InChI=1S/C9H11N3/c10-4-3-8(6-11)9-2-1-5-12-7-9/h1-2,5,7-8H,3-4,10H2. The highest BCUT2D eigenvalue weighted by Crippen LogP contribution is 2.15. The summed E-state index contributed by atoms with van der Waals surface area (Å²) in [5.41, 5.74) is 6.32. The average molecular weight is 161 g/mol. The van der Waals surface area contributed by atoms with Crippen molar-refractivity contribution in [1.29, 1.82) is 5.26 Å². The topological polar surface area (TPSA) is 62.7 Å². The predicted octanol–water partition coefficient (Wildman–Crippen LogP) is 1.04. The number of nitriles is 1. The molecule has 12 heavy (non-hydrogen) atoms. The van der Waals surface area contributed by atoms with Gasteiger partial charge in [0.2, 0.25) is 0 Å². The van der Waals surface area contributed by atoms with Crippen LogP contribution in [0.25, 0.3) is 0 Å². The van der Waals surface area contributed by atoms with Crippen molar-refractivity contribution in [2.24, 2.45) is 5.73 Å². The second kappa shape index (κ2) is 4.47. The van der Waals surface area contributed by atoms with Gasteiger partial charge in [0.15, 0.2) is 0 Å². The highest BCUT2D eigenvalue weighted by molar-refractivity contribution is 5.20. The summed E-state index contributed by atoms with van der Waals surface area (Å²) in [6.45, 7) is 0.535. The number of nitrogens with zero attached hydrogens (tertiary/aromatic N) is 2. The van der Waals surface area contributed by atoms with Gasteiger partial charge in [0, 0.05) is 12.4 Å². The first-order valence-corrected chi connectivity index (χ1v) is 3.88. The van der Waals surface area contributed by atoms with Crippen molar-refractivity contribution in [3.63, 3.8) is 0 Å². The zero-order valence-electron chi connectivity index (χ0n) is 6.77. The van der Waals surface area contributed by atoms with Crippen LogP contribution in [0.4, 0.5) is 0 Å². The third-order valence-electron chi connectivity index (χ3n) is 1.70. The van der Waals surface area contributed by atoms with Gasteiger partial charge in [-0.1, -0.05) is 6.07 Å². The summed E-state index contributed by atoms with van der Waals surface area (Å²) in [7, 11) is 0. The minimum atomic E-state index is -0.108. The Balaban J connectivity index is 2.75. The molecule has 3 nitrogen and oxygen atoms in total. The van der Waals surface area contributed by atoms with E-state index in [-0.39, 0.29) is 5.92 Å². The number of hydrogen-bond acceptors (Lipinski definition) is 3. The van der Waals surface area contributed by atoms with Gasteiger partial charge in [-0.25, -0.2) is 0 Å². The van der Waals surface area contributed by atoms with Gasteiger partial charge in [0.05, 0.1) is 12.0 Å². The van der Waals surface area contributed by atoms with Crippen LogP contribution in [-0.4, -0.2) is 11.5 Å². The van der Waals surface area contributed by atoms with Gasteiger partial charge >= 0.3 is 0 Å². The minimum absolute atomic E-state index is 0.108. The van der Waals surface area contributed by atoms with Crippen LogP contribution in [-0.2, 0) is 0 Å². The number of rotatable bonds is 3. The average Bonchev–Trinajstić information content (AvgIpc) is 2.15. The van der Waals surface area contributed by atoms with Crippen LogP contribution in [0.5, 0.6) is 0 Å². The molecule has 3 heteroatoms. The first kappa shape index (κ1) is 8.69. The van der Waals surface area contributed by atoms with Crippen molar-refractivity contribution in [2.75, 3.05) is 6.54 Å². The fourth-order valence-electron chi connectivity index (χ4n) is 1.05. The van der Waals surface area contributed by atoms with Crippen LogP contribution in [0.2, 0.25) is 0 Å². The summed E-state index contributed by atoms with van der Waals surface area (Å²) in [5, 5.41) is 8.78. The maximum absolute atomic E-state index is 8.78. The summed E-state index contributed by atoms with van der Waals surface area (Å²) >= 11 is 0. The quantitative estimate of drug-likeness (QED) is 0.720. The van der Waals surface area contributed by atoms with Crippen LogP contribution >= 0.6 is 0 Å². The van der Waals surface area contributed by atoms with E-state index in [9.17, 15) is 0 Å². The van der Waals surface area contributed by atoms with Gasteiger partial charge in [-0.05, 0) is 24.6 Å². The molecule has 0 aromatic carbocycles. The second-order valence-corrected chi connectivity index (χ2v) is 2.55. The Bertz CT molecular complexity index is 263. The fourth-order valence-corrected chi connectivity index (χ4v) is 1.05. The lowest BCUT2D eigenvalue weighted by atomic mass is 9.99. The first-order chi connectivity index (χ1) is 5.88. The molecule has 0 amide bonds. The van der Waals surface area contributed by atoms with E-state index in [2.05, 4.69) is 11.1 Å². The van der Waals surface area contributed by atoms with Crippen LogP contribution in [0.15, 0.2) is 24.5 Å². The molecule has 0 radical (unpaired) electrons. The lowest BCUT2D eigenvalue weighted by Gasteiger charge is -2.05. The largest absolute Gasteiger partial charge is 0.330 e. The molecular weight excluding hydrogens is 150 g/mol. The lowest BCUT2D eigenvalue weighted by Crippen LogP contribution is -2.05. The summed E-state index contributed by atoms with van der Waals surface area (Å²) in [5.74, 6) is -0.108. The summed E-state index contributed by atoms with van der Waals surface area (Å²) in [4.78, 5) is 3.94. The van der Waals surface area contributed by atoms with Crippen molar-refractivity contribution in [2.45, 2.75) is 12.3 Å². The summed E-state index contributed by atoms with van der Waals surface area (Å²) in [6.07, 6.45) is 4.10. The molecule has 1 heterocycles. The SMILES string of the molecule is N#CC(CCN)c1cccnc1. The van der Waals surface area contributed by atoms with Gasteiger partial charge in [-0.3, -0.25) is 4.98 Å². The third-order valence-corrected chi connectivity index (χ3v) is 1.70. The van der Waals surface area contributed by atoms with E-state index in [0.717, 1.165) is 5.56 Å². The van der Waals surface area contributed by atoms with E-state index >= 15 is 0 Å². The second-order valence-electron chi connectivity index (χ2n) is 2.55.